The molecule has 1 aliphatic rings. The molecule has 0 aromatic carbocycles. The number of nitriles is 1. The molecular weight excluding hydrogens is 214 g/mol. The molecule has 1 aliphatic heterocycles. The number of aromatic nitrogens is 1. The molecule has 1 fully saturated rings. The van der Waals surface area contributed by atoms with Crippen molar-refractivity contribution in [3.05, 3.63) is 23.9 Å². The van der Waals surface area contributed by atoms with E-state index >= 15 is 0 Å². The molecule has 5 nitrogen and oxygen atoms in total. The van der Waals surface area contributed by atoms with Crippen LogP contribution in [0, 0.1) is 11.3 Å². The van der Waals surface area contributed by atoms with Crippen LogP contribution in [0.15, 0.2) is 18.3 Å². The molecule has 2 heterocycles. The minimum absolute atomic E-state index is 0.595. The SMILES string of the molecule is N#Cc1ccc(NCCN2CCNCC2)nc1. The van der Waals surface area contributed by atoms with E-state index in [0.717, 1.165) is 45.1 Å². The summed E-state index contributed by atoms with van der Waals surface area (Å²) in [7, 11) is 0. The maximum Gasteiger partial charge on any atom is 0.126 e. The van der Waals surface area contributed by atoms with Crippen molar-refractivity contribution >= 4 is 5.82 Å². The number of anilines is 1. The number of hydrogen-bond donors (Lipinski definition) is 2. The van der Waals surface area contributed by atoms with E-state index in [1.165, 1.54) is 0 Å². The van der Waals surface area contributed by atoms with Gasteiger partial charge < -0.3 is 10.6 Å². The van der Waals surface area contributed by atoms with Gasteiger partial charge in [0.25, 0.3) is 0 Å². The number of pyridine rings is 1. The summed E-state index contributed by atoms with van der Waals surface area (Å²) in [5.41, 5.74) is 0.595. The van der Waals surface area contributed by atoms with Crippen molar-refractivity contribution in [2.45, 2.75) is 0 Å². The van der Waals surface area contributed by atoms with Gasteiger partial charge in [0.15, 0.2) is 0 Å². The lowest BCUT2D eigenvalue weighted by molar-refractivity contribution is 0.249. The second-order valence-corrected chi connectivity index (χ2v) is 4.06. The zero-order valence-electron chi connectivity index (χ0n) is 9.82. The van der Waals surface area contributed by atoms with Gasteiger partial charge in [0, 0.05) is 45.5 Å². The van der Waals surface area contributed by atoms with E-state index < -0.39 is 0 Å². The van der Waals surface area contributed by atoms with Gasteiger partial charge in [-0.1, -0.05) is 0 Å². The zero-order valence-corrected chi connectivity index (χ0v) is 9.82. The molecule has 0 spiro atoms. The van der Waals surface area contributed by atoms with E-state index in [0.29, 0.717) is 5.56 Å². The van der Waals surface area contributed by atoms with Crippen LogP contribution in [0.25, 0.3) is 0 Å². The van der Waals surface area contributed by atoms with Gasteiger partial charge in [0.05, 0.1) is 5.56 Å². The number of nitrogens with one attached hydrogen (secondary N) is 2. The fraction of sp³-hybridized carbons (Fsp3) is 0.500. The monoisotopic (exact) mass is 231 g/mol. The first kappa shape index (κ1) is 11.8. The second-order valence-electron chi connectivity index (χ2n) is 4.06. The van der Waals surface area contributed by atoms with Crippen molar-refractivity contribution in [3.8, 4) is 6.07 Å². The average Bonchev–Trinajstić information content (AvgIpc) is 2.41. The Balaban J connectivity index is 1.72. The molecule has 0 radical (unpaired) electrons. The topological polar surface area (TPSA) is 64.0 Å². The van der Waals surface area contributed by atoms with Gasteiger partial charge in [-0.2, -0.15) is 5.26 Å². The molecule has 2 rings (SSSR count). The number of hydrogen-bond acceptors (Lipinski definition) is 5. The van der Waals surface area contributed by atoms with Gasteiger partial charge in [-0.25, -0.2) is 4.98 Å². The maximum atomic E-state index is 8.65. The quantitative estimate of drug-likeness (QED) is 0.779. The molecule has 0 aliphatic carbocycles. The Kier molecular flexibility index (Phi) is 4.30. The van der Waals surface area contributed by atoms with Gasteiger partial charge in [0.2, 0.25) is 0 Å². The highest BCUT2D eigenvalue weighted by Crippen LogP contribution is 2.03. The van der Waals surface area contributed by atoms with E-state index in [9.17, 15) is 0 Å². The van der Waals surface area contributed by atoms with Gasteiger partial charge in [-0.15, -0.1) is 0 Å². The van der Waals surface area contributed by atoms with E-state index in [2.05, 4.69) is 26.6 Å². The molecule has 1 saturated heterocycles. The Morgan fingerprint density at radius 1 is 1.41 bits per heavy atom. The third kappa shape index (κ3) is 3.70. The number of rotatable bonds is 4. The minimum Gasteiger partial charge on any atom is -0.369 e. The maximum absolute atomic E-state index is 8.65. The summed E-state index contributed by atoms with van der Waals surface area (Å²) in [4.78, 5) is 6.59. The van der Waals surface area contributed by atoms with Crippen LogP contribution >= 0.6 is 0 Å². The fourth-order valence-corrected chi connectivity index (χ4v) is 1.84. The first-order valence-electron chi connectivity index (χ1n) is 5.91. The lowest BCUT2D eigenvalue weighted by Gasteiger charge is -2.27. The highest BCUT2D eigenvalue weighted by atomic mass is 15.2. The van der Waals surface area contributed by atoms with Crippen molar-refractivity contribution in [2.75, 3.05) is 44.6 Å². The van der Waals surface area contributed by atoms with Crippen LogP contribution in [0.3, 0.4) is 0 Å². The van der Waals surface area contributed by atoms with E-state index in [-0.39, 0.29) is 0 Å². The Morgan fingerprint density at radius 3 is 2.88 bits per heavy atom. The summed E-state index contributed by atoms with van der Waals surface area (Å²) in [6, 6.07) is 5.68. The zero-order chi connectivity index (χ0) is 11.9. The molecule has 90 valence electrons. The molecule has 0 unspecified atom stereocenters. The standard InChI is InChI=1S/C12H17N5/c13-9-11-1-2-12(16-10-11)15-5-8-17-6-3-14-4-7-17/h1-2,10,14H,3-8H2,(H,15,16). The first-order valence-corrected chi connectivity index (χ1v) is 5.91. The van der Waals surface area contributed by atoms with Crippen LogP contribution in [-0.4, -0.2) is 49.2 Å². The predicted molar refractivity (Wildman–Crippen MR) is 66.8 cm³/mol. The van der Waals surface area contributed by atoms with Crippen LogP contribution in [0.1, 0.15) is 5.56 Å². The third-order valence-electron chi connectivity index (χ3n) is 2.84. The van der Waals surface area contributed by atoms with Gasteiger partial charge in [-0.3, -0.25) is 4.90 Å². The van der Waals surface area contributed by atoms with Crippen LogP contribution in [0.5, 0.6) is 0 Å². The van der Waals surface area contributed by atoms with Crippen molar-refractivity contribution in [3.63, 3.8) is 0 Å². The van der Waals surface area contributed by atoms with Crippen LogP contribution < -0.4 is 10.6 Å². The Labute approximate surface area is 101 Å². The molecule has 0 bridgehead atoms. The smallest absolute Gasteiger partial charge is 0.126 e. The first-order chi connectivity index (χ1) is 8.38. The highest BCUT2D eigenvalue weighted by molar-refractivity contribution is 5.38. The largest absolute Gasteiger partial charge is 0.369 e. The Morgan fingerprint density at radius 2 is 2.24 bits per heavy atom. The molecule has 0 atom stereocenters. The summed E-state index contributed by atoms with van der Waals surface area (Å²) in [5, 5.41) is 15.2. The van der Waals surface area contributed by atoms with Crippen molar-refractivity contribution in [1.29, 1.82) is 5.26 Å². The predicted octanol–water partition coefficient (Wildman–Crippen LogP) is 0.270. The summed E-state index contributed by atoms with van der Waals surface area (Å²) in [5.74, 6) is 0.833. The van der Waals surface area contributed by atoms with E-state index in [1.54, 1.807) is 12.3 Å². The lowest BCUT2D eigenvalue weighted by Crippen LogP contribution is -2.45. The van der Waals surface area contributed by atoms with Crippen LogP contribution in [0.4, 0.5) is 5.82 Å². The van der Waals surface area contributed by atoms with Gasteiger partial charge in [0.1, 0.15) is 11.9 Å². The molecule has 2 N–H and O–H groups in total. The summed E-state index contributed by atoms with van der Waals surface area (Å²) in [6.45, 7) is 6.30. The van der Waals surface area contributed by atoms with Crippen molar-refractivity contribution < 1.29 is 0 Å². The molecular formula is C12H17N5. The fourth-order valence-electron chi connectivity index (χ4n) is 1.84. The summed E-state index contributed by atoms with van der Waals surface area (Å²) < 4.78 is 0. The molecule has 0 saturated carbocycles. The average molecular weight is 231 g/mol. The summed E-state index contributed by atoms with van der Waals surface area (Å²) >= 11 is 0. The van der Waals surface area contributed by atoms with Crippen molar-refractivity contribution in [2.24, 2.45) is 0 Å². The van der Waals surface area contributed by atoms with Gasteiger partial charge >= 0.3 is 0 Å². The van der Waals surface area contributed by atoms with Gasteiger partial charge in [-0.05, 0) is 12.1 Å². The third-order valence-corrected chi connectivity index (χ3v) is 2.84. The molecule has 1 aromatic rings. The molecule has 1 aromatic heterocycles. The molecule has 0 amide bonds. The second kappa shape index (κ2) is 6.18. The van der Waals surface area contributed by atoms with E-state index in [4.69, 9.17) is 5.26 Å². The Bertz CT molecular complexity index is 375. The number of nitrogens with zero attached hydrogens (tertiary/aromatic N) is 3. The van der Waals surface area contributed by atoms with Crippen LogP contribution in [0.2, 0.25) is 0 Å². The number of piperazine rings is 1. The van der Waals surface area contributed by atoms with Crippen molar-refractivity contribution in [1.82, 2.24) is 15.2 Å². The Hall–Kier alpha value is -1.64. The van der Waals surface area contributed by atoms with Crippen LogP contribution in [-0.2, 0) is 0 Å². The normalized spacial score (nSPS) is 16.4. The summed E-state index contributed by atoms with van der Waals surface area (Å²) in [6.07, 6.45) is 1.59. The van der Waals surface area contributed by atoms with E-state index in [1.807, 2.05) is 6.07 Å². The molecule has 5 heteroatoms. The highest BCUT2D eigenvalue weighted by Gasteiger charge is 2.08. The molecule has 17 heavy (non-hydrogen) atoms. The lowest BCUT2D eigenvalue weighted by atomic mass is 10.3. The minimum atomic E-state index is 0.595.